The Balaban J connectivity index is 1.58. The van der Waals surface area contributed by atoms with Crippen molar-refractivity contribution in [2.24, 2.45) is 0 Å². The quantitative estimate of drug-likeness (QED) is 0.434. The third kappa shape index (κ3) is 4.67. The molecule has 0 radical (unpaired) electrons. The van der Waals surface area contributed by atoms with Gasteiger partial charge < -0.3 is 4.74 Å². The Bertz CT molecular complexity index is 1390. The molecule has 160 valence electrons. The number of nitrogens with one attached hydrogen (secondary N) is 1. The molecule has 0 aliphatic heterocycles. The lowest BCUT2D eigenvalue weighted by molar-refractivity contribution is 0.414. The van der Waals surface area contributed by atoms with Crippen LogP contribution in [0.3, 0.4) is 0 Å². The topological polar surface area (TPSA) is 77.4 Å². The van der Waals surface area contributed by atoms with Gasteiger partial charge in [-0.1, -0.05) is 53.3 Å². The van der Waals surface area contributed by atoms with E-state index < -0.39 is 10.0 Å². The van der Waals surface area contributed by atoms with Gasteiger partial charge in [-0.15, -0.1) is 0 Å². The zero-order valence-corrected chi connectivity index (χ0v) is 18.9. The summed E-state index contributed by atoms with van der Waals surface area (Å²) in [6, 6.07) is 19.2. The van der Waals surface area contributed by atoms with Crippen molar-refractivity contribution in [3.8, 4) is 5.75 Å². The second-order valence-corrected chi connectivity index (χ2v) is 10.0. The van der Waals surface area contributed by atoms with E-state index in [2.05, 4.69) is 4.72 Å². The zero-order chi connectivity index (χ0) is 22.0. The molecule has 9 heteroatoms. The van der Waals surface area contributed by atoms with Gasteiger partial charge in [0, 0.05) is 11.6 Å². The molecule has 0 saturated carbocycles. The van der Waals surface area contributed by atoms with Crippen molar-refractivity contribution in [2.45, 2.75) is 18.0 Å². The van der Waals surface area contributed by atoms with E-state index in [1.807, 2.05) is 18.2 Å². The third-order valence-electron chi connectivity index (χ3n) is 4.86. The number of benzene rings is 3. The number of fused-ring (bicyclic) bond motifs is 1. The predicted octanol–water partition coefficient (Wildman–Crippen LogP) is 4.25. The second kappa shape index (κ2) is 8.84. The van der Waals surface area contributed by atoms with Crippen molar-refractivity contribution >= 4 is 43.2 Å². The van der Waals surface area contributed by atoms with Gasteiger partial charge in [0.2, 0.25) is 10.0 Å². The van der Waals surface area contributed by atoms with Crippen LogP contribution in [0.2, 0.25) is 5.02 Å². The number of nitrogens with zero attached hydrogens (tertiary/aromatic N) is 1. The molecule has 0 fully saturated rings. The van der Waals surface area contributed by atoms with Gasteiger partial charge in [-0.2, -0.15) is 0 Å². The standard InChI is InChI=1S/C22H19ClN2O4S2/c1-29-17-8-6-15(7-9-17)13-24-31(27,28)18-10-11-20-21(12-18)30-22(26)25(20)14-16-4-2-3-5-19(16)23/h2-12,24H,13-14H2,1H3. The highest BCUT2D eigenvalue weighted by atomic mass is 35.5. The molecule has 4 aromatic rings. The fraction of sp³-hybridized carbons (Fsp3) is 0.136. The molecule has 0 saturated heterocycles. The van der Waals surface area contributed by atoms with E-state index in [-0.39, 0.29) is 16.3 Å². The van der Waals surface area contributed by atoms with Crippen LogP contribution >= 0.6 is 22.9 Å². The minimum absolute atomic E-state index is 0.111. The molecular formula is C22H19ClN2O4S2. The molecule has 1 aromatic heterocycles. The summed E-state index contributed by atoms with van der Waals surface area (Å²) in [6.07, 6.45) is 0. The lowest BCUT2D eigenvalue weighted by atomic mass is 10.2. The number of hydrogen-bond acceptors (Lipinski definition) is 5. The second-order valence-electron chi connectivity index (χ2n) is 6.85. The van der Waals surface area contributed by atoms with Gasteiger partial charge >= 0.3 is 4.87 Å². The molecule has 0 aliphatic carbocycles. The maximum Gasteiger partial charge on any atom is 0.308 e. The van der Waals surface area contributed by atoms with Gasteiger partial charge in [0.05, 0.1) is 28.8 Å². The average molecular weight is 475 g/mol. The first-order chi connectivity index (χ1) is 14.9. The van der Waals surface area contributed by atoms with Crippen LogP contribution in [0.15, 0.2) is 76.4 Å². The van der Waals surface area contributed by atoms with Crippen LogP contribution in [0, 0.1) is 0 Å². The minimum Gasteiger partial charge on any atom is -0.497 e. The van der Waals surface area contributed by atoms with Crippen LogP contribution < -0.4 is 14.3 Å². The number of rotatable bonds is 7. The number of sulfonamides is 1. The van der Waals surface area contributed by atoms with Crippen LogP contribution in [-0.4, -0.2) is 20.1 Å². The number of hydrogen-bond donors (Lipinski definition) is 1. The first-order valence-electron chi connectivity index (χ1n) is 9.37. The van der Waals surface area contributed by atoms with E-state index in [0.717, 1.165) is 22.5 Å². The largest absolute Gasteiger partial charge is 0.497 e. The number of halogens is 1. The van der Waals surface area contributed by atoms with Crippen molar-refractivity contribution in [3.63, 3.8) is 0 Å². The summed E-state index contributed by atoms with van der Waals surface area (Å²) in [6.45, 7) is 0.467. The molecule has 6 nitrogen and oxygen atoms in total. The monoisotopic (exact) mass is 474 g/mol. The molecule has 4 rings (SSSR count). The highest BCUT2D eigenvalue weighted by Gasteiger charge is 2.17. The van der Waals surface area contributed by atoms with E-state index in [9.17, 15) is 13.2 Å². The fourth-order valence-corrected chi connectivity index (χ4v) is 5.41. The van der Waals surface area contributed by atoms with Crippen molar-refractivity contribution in [1.82, 2.24) is 9.29 Å². The van der Waals surface area contributed by atoms with Crippen LogP contribution in [0.25, 0.3) is 10.2 Å². The number of ether oxygens (including phenoxy) is 1. The lowest BCUT2D eigenvalue weighted by Crippen LogP contribution is -2.23. The molecule has 1 heterocycles. The van der Waals surface area contributed by atoms with Crippen molar-refractivity contribution in [1.29, 1.82) is 0 Å². The normalized spacial score (nSPS) is 11.7. The van der Waals surface area contributed by atoms with E-state index in [4.69, 9.17) is 16.3 Å². The SMILES string of the molecule is COc1ccc(CNS(=O)(=O)c2ccc3c(c2)sc(=O)n3Cc2ccccc2Cl)cc1. The van der Waals surface area contributed by atoms with Crippen LogP contribution in [0.1, 0.15) is 11.1 Å². The van der Waals surface area contributed by atoms with Gasteiger partial charge in [0.1, 0.15) is 5.75 Å². The number of thiazole rings is 1. The Morgan fingerprint density at radius 1 is 1.06 bits per heavy atom. The van der Waals surface area contributed by atoms with Gasteiger partial charge in [-0.05, 0) is 47.5 Å². The summed E-state index contributed by atoms with van der Waals surface area (Å²) in [5.74, 6) is 0.702. The predicted molar refractivity (Wildman–Crippen MR) is 124 cm³/mol. The third-order valence-corrected chi connectivity index (χ3v) is 7.57. The molecular weight excluding hydrogens is 456 g/mol. The van der Waals surface area contributed by atoms with E-state index >= 15 is 0 Å². The Hall–Kier alpha value is -2.65. The van der Waals surface area contributed by atoms with Crippen LogP contribution in [-0.2, 0) is 23.1 Å². The van der Waals surface area contributed by atoms with Gasteiger partial charge in [0.25, 0.3) is 0 Å². The molecule has 0 amide bonds. The van der Waals surface area contributed by atoms with Crippen molar-refractivity contribution in [3.05, 3.63) is 92.5 Å². The smallest absolute Gasteiger partial charge is 0.308 e. The summed E-state index contributed by atoms with van der Waals surface area (Å²) in [7, 11) is -2.17. The fourth-order valence-electron chi connectivity index (χ4n) is 3.17. The van der Waals surface area contributed by atoms with Crippen molar-refractivity contribution in [2.75, 3.05) is 7.11 Å². The highest BCUT2D eigenvalue weighted by Crippen LogP contribution is 2.24. The summed E-state index contributed by atoms with van der Waals surface area (Å²) < 4.78 is 35.4. The summed E-state index contributed by atoms with van der Waals surface area (Å²) in [5, 5.41) is 0.579. The van der Waals surface area contributed by atoms with Crippen LogP contribution in [0.4, 0.5) is 0 Å². The Labute approximate surface area is 188 Å². The van der Waals surface area contributed by atoms with E-state index in [0.29, 0.717) is 27.5 Å². The molecule has 1 N–H and O–H groups in total. The van der Waals surface area contributed by atoms with Gasteiger partial charge in [-0.25, -0.2) is 13.1 Å². The Kier molecular flexibility index (Phi) is 6.15. The molecule has 31 heavy (non-hydrogen) atoms. The van der Waals surface area contributed by atoms with Crippen LogP contribution in [0.5, 0.6) is 5.75 Å². The maximum atomic E-state index is 12.8. The molecule has 0 unspecified atom stereocenters. The number of aromatic nitrogens is 1. The first-order valence-corrected chi connectivity index (χ1v) is 12.0. The maximum absolute atomic E-state index is 12.8. The van der Waals surface area contributed by atoms with Gasteiger partial charge in [-0.3, -0.25) is 9.36 Å². The Morgan fingerprint density at radius 2 is 1.81 bits per heavy atom. The lowest BCUT2D eigenvalue weighted by Gasteiger charge is -2.09. The summed E-state index contributed by atoms with van der Waals surface area (Å²) in [4.78, 5) is 12.5. The number of methoxy groups -OCH3 is 1. The molecule has 0 bridgehead atoms. The summed E-state index contributed by atoms with van der Waals surface area (Å²) >= 11 is 7.24. The molecule has 0 aliphatic rings. The minimum atomic E-state index is -3.74. The molecule has 3 aromatic carbocycles. The summed E-state index contributed by atoms with van der Waals surface area (Å²) in [5.41, 5.74) is 2.30. The first kappa shape index (κ1) is 21.6. The van der Waals surface area contributed by atoms with E-state index in [1.54, 1.807) is 48.1 Å². The molecule has 0 atom stereocenters. The molecule has 0 spiro atoms. The highest BCUT2D eigenvalue weighted by molar-refractivity contribution is 7.89. The van der Waals surface area contributed by atoms with Crippen molar-refractivity contribution < 1.29 is 13.2 Å². The van der Waals surface area contributed by atoms with E-state index in [1.165, 1.54) is 12.1 Å². The Morgan fingerprint density at radius 3 is 2.52 bits per heavy atom. The zero-order valence-electron chi connectivity index (χ0n) is 16.5. The average Bonchev–Trinajstić information content (AvgIpc) is 3.08. The van der Waals surface area contributed by atoms with Gasteiger partial charge in [0.15, 0.2) is 0 Å².